The molecule has 0 atom stereocenters. The highest BCUT2D eigenvalue weighted by Crippen LogP contribution is 2.50. The number of nitrogens with one attached hydrogen (secondary N) is 2. The summed E-state index contributed by atoms with van der Waals surface area (Å²) in [5.41, 5.74) is 2.91. The summed E-state index contributed by atoms with van der Waals surface area (Å²) in [5, 5.41) is 5.68. The molecule has 7 rings (SSSR count). The number of hydrogen-bond acceptors (Lipinski definition) is 7. The Balaban J connectivity index is 1.29. The third kappa shape index (κ3) is 5.43. The molecular formula is C38H46F2N8O2. The minimum atomic E-state index is -1.11. The Labute approximate surface area is 291 Å². The van der Waals surface area contributed by atoms with Crippen LogP contribution in [0.3, 0.4) is 0 Å². The van der Waals surface area contributed by atoms with Crippen LogP contribution in [0.15, 0.2) is 30.7 Å². The number of fused-ring (bicyclic) bond motifs is 2. The monoisotopic (exact) mass is 684 g/mol. The predicted octanol–water partition coefficient (Wildman–Crippen LogP) is 7.19. The zero-order valence-electron chi connectivity index (χ0n) is 30.0. The maximum absolute atomic E-state index is 15.5. The van der Waals surface area contributed by atoms with Crippen molar-refractivity contribution in [1.82, 2.24) is 29.7 Å². The van der Waals surface area contributed by atoms with Crippen molar-refractivity contribution in [2.75, 3.05) is 29.9 Å². The number of nitrogens with zero attached hydrogens (tertiary/aromatic N) is 6. The fraction of sp³-hybridized carbons (Fsp3) is 0.500. The summed E-state index contributed by atoms with van der Waals surface area (Å²) in [5.74, 6) is -2.43. The zero-order valence-corrected chi connectivity index (χ0v) is 30.0. The smallest absolute Gasteiger partial charge is 0.251 e. The van der Waals surface area contributed by atoms with Gasteiger partial charge in [-0.2, -0.15) is 0 Å². The number of amides is 2. The number of carbonyl (C=O) groups is 2. The van der Waals surface area contributed by atoms with Gasteiger partial charge in [0.2, 0.25) is 5.91 Å². The van der Waals surface area contributed by atoms with Gasteiger partial charge in [-0.3, -0.25) is 19.5 Å². The van der Waals surface area contributed by atoms with Gasteiger partial charge in [0.25, 0.3) is 5.91 Å². The van der Waals surface area contributed by atoms with E-state index in [0.29, 0.717) is 28.8 Å². The number of likely N-dealkylation sites (tertiary alicyclic amines) is 1. The highest BCUT2D eigenvalue weighted by molar-refractivity contribution is 6.08. The van der Waals surface area contributed by atoms with Crippen molar-refractivity contribution in [3.8, 4) is 11.3 Å². The first-order chi connectivity index (χ1) is 23.7. The van der Waals surface area contributed by atoms with Gasteiger partial charge >= 0.3 is 0 Å². The molecule has 12 heteroatoms. The van der Waals surface area contributed by atoms with Crippen LogP contribution in [0, 0.1) is 18.6 Å². The van der Waals surface area contributed by atoms with E-state index >= 15 is 8.78 Å². The van der Waals surface area contributed by atoms with Gasteiger partial charge in [0, 0.05) is 47.1 Å². The lowest BCUT2D eigenvalue weighted by molar-refractivity contribution is -0.123. The molecule has 1 saturated heterocycles. The largest absolute Gasteiger partial charge is 0.352 e. The predicted molar refractivity (Wildman–Crippen MR) is 191 cm³/mol. The molecule has 2 fully saturated rings. The fourth-order valence-electron chi connectivity index (χ4n) is 8.08. The van der Waals surface area contributed by atoms with Gasteiger partial charge in [-0.05, 0) is 105 Å². The van der Waals surface area contributed by atoms with Crippen LogP contribution >= 0.6 is 0 Å². The van der Waals surface area contributed by atoms with Gasteiger partial charge in [-0.15, -0.1) is 0 Å². The van der Waals surface area contributed by atoms with E-state index in [1.54, 1.807) is 19.4 Å². The van der Waals surface area contributed by atoms with E-state index in [9.17, 15) is 9.59 Å². The van der Waals surface area contributed by atoms with E-state index in [1.807, 2.05) is 49.3 Å². The maximum atomic E-state index is 15.5. The van der Waals surface area contributed by atoms with Gasteiger partial charge in [0.05, 0.1) is 40.0 Å². The highest BCUT2D eigenvalue weighted by atomic mass is 19.2. The number of carbonyl (C=O) groups excluding carboxylic acids is 2. The Hall–Kier alpha value is -4.45. The fourth-order valence-corrected chi connectivity index (χ4v) is 8.08. The van der Waals surface area contributed by atoms with Crippen LogP contribution in [0.25, 0.3) is 22.3 Å². The molecule has 4 aromatic rings. The summed E-state index contributed by atoms with van der Waals surface area (Å²) in [6.45, 7) is 15.9. The summed E-state index contributed by atoms with van der Waals surface area (Å²) >= 11 is 0. The summed E-state index contributed by atoms with van der Waals surface area (Å²) in [4.78, 5) is 45.8. The third-order valence-corrected chi connectivity index (χ3v) is 11.0. The number of rotatable bonds is 8. The molecule has 1 aliphatic carbocycles. The normalized spacial score (nSPS) is 21.8. The molecule has 10 nitrogen and oxygen atoms in total. The molecule has 0 bridgehead atoms. The first-order valence-corrected chi connectivity index (χ1v) is 17.8. The first-order valence-electron chi connectivity index (χ1n) is 17.8. The van der Waals surface area contributed by atoms with Crippen LogP contribution in [0.4, 0.5) is 26.0 Å². The second-order valence-electron chi connectivity index (χ2n) is 15.2. The van der Waals surface area contributed by atoms with Gasteiger partial charge in [-0.1, -0.05) is 6.42 Å². The molecule has 0 spiro atoms. The van der Waals surface area contributed by atoms with Crippen molar-refractivity contribution in [2.45, 2.75) is 104 Å². The molecule has 1 saturated carbocycles. The van der Waals surface area contributed by atoms with Gasteiger partial charge < -0.3 is 20.1 Å². The van der Waals surface area contributed by atoms with E-state index in [-0.39, 0.29) is 46.2 Å². The van der Waals surface area contributed by atoms with Crippen molar-refractivity contribution >= 4 is 40.0 Å². The molecule has 50 heavy (non-hydrogen) atoms. The maximum Gasteiger partial charge on any atom is 0.251 e. The number of hydrogen-bond donors (Lipinski definition) is 2. The summed E-state index contributed by atoms with van der Waals surface area (Å²) in [6, 6.07) is 5.19. The standard InChI is InChI=1S/C38H46F2N8O2/c1-8-41-35(49)25-15-27(31(40)30(39)22(25)4)45-34-32-28(43-20-47(32)21(2)3)16-26(44-34)23-14-29-33(42-19-23)37(5,6)36(50)48(29)24-17-38(7,18-24)46-12-10-9-11-13-46/h14-16,19-21,24H,8-13,17-18H2,1-7H3,(H,41,49)(H,44,45). The number of anilines is 3. The Morgan fingerprint density at radius 1 is 1.04 bits per heavy atom. The van der Waals surface area contributed by atoms with Crippen molar-refractivity contribution in [3.05, 3.63) is 59.2 Å². The van der Waals surface area contributed by atoms with E-state index in [4.69, 9.17) is 9.97 Å². The number of pyridine rings is 2. The van der Waals surface area contributed by atoms with Crippen LogP contribution in [-0.4, -0.2) is 67.4 Å². The number of aromatic nitrogens is 4. The third-order valence-electron chi connectivity index (χ3n) is 11.0. The molecule has 3 aliphatic rings. The van der Waals surface area contributed by atoms with E-state index < -0.39 is 23.0 Å². The molecule has 3 aromatic heterocycles. The number of benzene rings is 1. The van der Waals surface area contributed by atoms with Crippen LogP contribution in [0.2, 0.25) is 0 Å². The zero-order chi connectivity index (χ0) is 35.7. The highest BCUT2D eigenvalue weighted by Gasteiger charge is 2.54. The van der Waals surface area contributed by atoms with E-state index in [0.717, 1.165) is 37.3 Å². The molecule has 2 aliphatic heterocycles. The minimum absolute atomic E-state index is 0.0137. The average Bonchev–Trinajstić information content (AvgIpc) is 3.60. The number of imidazole rings is 1. The second kappa shape index (κ2) is 12.4. The molecule has 5 heterocycles. The molecule has 2 amide bonds. The second-order valence-corrected chi connectivity index (χ2v) is 15.2. The summed E-state index contributed by atoms with van der Waals surface area (Å²) in [6.07, 6.45) is 8.93. The molecular weight excluding hydrogens is 638 g/mol. The van der Waals surface area contributed by atoms with Crippen molar-refractivity contribution < 1.29 is 18.4 Å². The van der Waals surface area contributed by atoms with E-state index in [1.165, 1.54) is 32.3 Å². The van der Waals surface area contributed by atoms with Crippen LogP contribution in [0.5, 0.6) is 0 Å². The SMILES string of the molecule is CCNC(=O)c1cc(Nc2nc(-c3cnc4c(c3)N(C3CC(C)(N5CCCCC5)C3)C(=O)C4(C)C)cc3ncn(C(C)C)c23)c(F)c(F)c1C. The lowest BCUT2D eigenvalue weighted by Gasteiger charge is -2.55. The Bertz CT molecular complexity index is 2010. The Morgan fingerprint density at radius 3 is 2.44 bits per heavy atom. The topological polar surface area (TPSA) is 108 Å². The Morgan fingerprint density at radius 2 is 1.76 bits per heavy atom. The van der Waals surface area contributed by atoms with Gasteiger partial charge in [0.1, 0.15) is 5.52 Å². The summed E-state index contributed by atoms with van der Waals surface area (Å²) in [7, 11) is 0. The first kappa shape index (κ1) is 34.0. The van der Waals surface area contributed by atoms with E-state index in [2.05, 4.69) is 27.4 Å². The molecule has 264 valence electrons. The van der Waals surface area contributed by atoms with Crippen LogP contribution in [0.1, 0.15) is 101 Å². The van der Waals surface area contributed by atoms with Crippen LogP contribution in [-0.2, 0) is 10.2 Å². The average molecular weight is 685 g/mol. The van der Waals surface area contributed by atoms with Crippen molar-refractivity contribution in [2.24, 2.45) is 0 Å². The Kier molecular flexibility index (Phi) is 8.44. The lowest BCUT2D eigenvalue weighted by atomic mass is 9.71. The minimum Gasteiger partial charge on any atom is -0.352 e. The molecule has 1 aromatic carbocycles. The van der Waals surface area contributed by atoms with Gasteiger partial charge in [0.15, 0.2) is 17.5 Å². The van der Waals surface area contributed by atoms with Crippen molar-refractivity contribution in [1.29, 1.82) is 0 Å². The number of halogens is 2. The molecule has 2 N–H and O–H groups in total. The van der Waals surface area contributed by atoms with Crippen molar-refractivity contribution in [3.63, 3.8) is 0 Å². The number of piperidine rings is 1. The lowest BCUT2D eigenvalue weighted by Crippen LogP contribution is -2.64. The quantitative estimate of drug-likeness (QED) is 0.202. The van der Waals surface area contributed by atoms with Crippen LogP contribution < -0.4 is 15.5 Å². The molecule has 0 radical (unpaired) electrons. The molecule has 0 unspecified atom stereocenters. The van der Waals surface area contributed by atoms with Gasteiger partial charge in [-0.25, -0.2) is 18.7 Å². The summed E-state index contributed by atoms with van der Waals surface area (Å²) < 4.78 is 32.6.